The summed E-state index contributed by atoms with van der Waals surface area (Å²) in [7, 11) is 0. The molecule has 1 amide bonds. The molecule has 0 unspecified atom stereocenters. The Labute approximate surface area is 113 Å². The smallest absolute Gasteiger partial charge is 0.254 e. The molecule has 102 valence electrons. The molecule has 19 heavy (non-hydrogen) atoms. The highest BCUT2D eigenvalue weighted by molar-refractivity contribution is 5.94. The van der Waals surface area contributed by atoms with Crippen LogP contribution in [0.3, 0.4) is 0 Å². The minimum absolute atomic E-state index is 0.128. The van der Waals surface area contributed by atoms with E-state index in [2.05, 4.69) is 0 Å². The van der Waals surface area contributed by atoms with Crippen molar-refractivity contribution in [2.75, 3.05) is 19.8 Å². The molecule has 3 rings (SSSR count). The van der Waals surface area contributed by atoms with Gasteiger partial charge in [-0.25, -0.2) is 0 Å². The maximum absolute atomic E-state index is 12.6. The van der Waals surface area contributed by atoms with E-state index in [1.165, 1.54) is 12.8 Å². The largest absolute Gasteiger partial charge is 0.377 e. The highest BCUT2D eigenvalue weighted by atomic mass is 16.5. The SMILES string of the molecule is NCc1ccc(C(=O)N2CCOC[C@H]2C2CC2)cc1. The second-order valence-corrected chi connectivity index (χ2v) is 5.38. The zero-order valence-corrected chi connectivity index (χ0v) is 11.0. The Morgan fingerprint density at radius 1 is 1.32 bits per heavy atom. The Kier molecular flexibility index (Phi) is 3.53. The van der Waals surface area contributed by atoms with Crippen molar-refractivity contribution in [3.63, 3.8) is 0 Å². The van der Waals surface area contributed by atoms with Gasteiger partial charge in [0.15, 0.2) is 0 Å². The first-order chi connectivity index (χ1) is 9.29. The van der Waals surface area contributed by atoms with Crippen molar-refractivity contribution in [1.29, 1.82) is 0 Å². The van der Waals surface area contributed by atoms with Crippen molar-refractivity contribution >= 4 is 5.91 Å². The summed E-state index contributed by atoms with van der Waals surface area (Å²) in [6.45, 7) is 2.56. The molecule has 1 aliphatic heterocycles. The maximum Gasteiger partial charge on any atom is 0.254 e. The van der Waals surface area contributed by atoms with Gasteiger partial charge in [-0.05, 0) is 36.5 Å². The van der Waals surface area contributed by atoms with Gasteiger partial charge in [0.1, 0.15) is 0 Å². The molecule has 0 aromatic heterocycles. The van der Waals surface area contributed by atoms with Crippen LogP contribution >= 0.6 is 0 Å². The second kappa shape index (κ2) is 5.31. The van der Waals surface area contributed by atoms with Crippen LogP contribution in [0.1, 0.15) is 28.8 Å². The lowest BCUT2D eigenvalue weighted by atomic mass is 10.1. The highest BCUT2D eigenvalue weighted by Gasteiger charge is 2.39. The standard InChI is InChI=1S/C15H20N2O2/c16-9-11-1-3-13(4-2-11)15(18)17-7-8-19-10-14(17)12-5-6-12/h1-4,12,14H,5-10,16H2/t14-/m0/s1. The molecule has 1 aliphatic carbocycles. The van der Waals surface area contributed by atoms with E-state index >= 15 is 0 Å². The first-order valence-corrected chi connectivity index (χ1v) is 6.97. The number of morpholine rings is 1. The number of amides is 1. The molecule has 2 fully saturated rings. The predicted molar refractivity (Wildman–Crippen MR) is 72.7 cm³/mol. The number of nitrogens with two attached hydrogens (primary N) is 1. The minimum atomic E-state index is 0.128. The van der Waals surface area contributed by atoms with Crippen LogP contribution in [0, 0.1) is 5.92 Å². The van der Waals surface area contributed by atoms with Crippen molar-refractivity contribution in [3.8, 4) is 0 Å². The van der Waals surface area contributed by atoms with Gasteiger partial charge >= 0.3 is 0 Å². The Balaban J connectivity index is 1.76. The zero-order chi connectivity index (χ0) is 13.2. The van der Waals surface area contributed by atoms with Gasteiger partial charge in [-0.15, -0.1) is 0 Å². The van der Waals surface area contributed by atoms with Crippen molar-refractivity contribution < 1.29 is 9.53 Å². The third kappa shape index (κ3) is 2.65. The summed E-state index contributed by atoms with van der Waals surface area (Å²) in [5.41, 5.74) is 7.38. The lowest BCUT2D eigenvalue weighted by molar-refractivity contribution is -0.00834. The third-order valence-corrected chi connectivity index (χ3v) is 4.03. The molecule has 1 aromatic carbocycles. The van der Waals surface area contributed by atoms with Gasteiger partial charge in [-0.3, -0.25) is 4.79 Å². The van der Waals surface area contributed by atoms with Gasteiger partial charge < -0.3 is 15.4 Å². The van der Waals surface area contributed by atoms with Crippen molar-refractivity contribution in [3.05, 3.63) is 35.4 Å². The average Bonchev–Trinajstić information content (AvgIpc) is 3.31. The summed E-state index contributed by atoms with van der Waals surface area (Å²) in [6.07, 6.45) is 2.45. The Morgan fingerprint density at radius 3 is 2.68 bits per heavy atom. The molecule has 1 saturated carbocycles. The van der Waals surface area contributed by atoms with E-state index in [0.29, 0.717) is 32.2 Å². The molecule has 0 spiro atoms. The first kappa shape index (κ1) is 12.6. The van der Waals surface area contributed by atoms with Crippen molar-refractivity contribution in [1.82, 2.24) is 4.90 Å². The van der Waals surface area contributed by atoms with Crippen molar-refractivity contribution in [2.24, 2.45) is 11.7 Å². The number of nitrogens with zero attached hydrogens (tertiary/aromatic N) is 1. The molecule has 0 radical (unpaired) electrons. The summed E-state index contributed by atoms with van der Waals surface area (Å²) < 4.78 is 5.53. The summed E-state index contributed by atoms with van der Waals surface area (Å²) in [5, 5.41) is 0. The van der Waals surface area contributed by atoms with Gasteiger partial charge in [-0.2, -0.15) is 0 Å². The Hall–Kier alpha value is -1.39. The molecule has 1 saturated heterocycles. The van der Waals surface area contributed by atoms with Crippen LogP contribution in [0.15, 0.2) is 24.3 Å². The molecule has 4 heteroatoms. The fraction of sp³-hybridized carbons (Fsp3) is 0.533. The Morgan fingerprint density at radius 2 is 2.05 bits per heavy atom. The lowest BCUT2D eigenvalue weighted by Gasteiger charge is -2.36. The van der Waals surface area contributed by atoms with Gasteiger partial charge in [-0.1, -0.05) is 12.1 Å². The third-order valence-electron chi connectivity index (χ3n) is 4.03. The average molecular weight is 260 g/mol. The normalized spacial score (nSPS) is 23.4. The lowest BCUT2D eigenvalue weighted by Crippen LogP contribution is -2.49. The van der Waals surface area contributed by atoms with E-state index in [9.17, 15) is 4.79 Å². The number of carbonyl (C=O) groups is 1. The Bertz CT molecular complexity index is 454. The molecule has 1 atom stereocenters. The molecular formula is C15H20N2O2. The van der Waals surface area contributed by atoms with Crippen LogP contribution in [0.2, 0.25) is 0 Å². The number of hydrogen-bond donors (Lipinski definition) is 1. The van der Waals surface area contributed by atoms with Gasteiger partial charge in [0, 0.05) is 18.7 Å². The van der Waals surface area contributed by atoms with Crippen LogP contribution in [0.5, 0.6) is 0 Å². The van der Waals surface area contributed by atoms with Gasteiger partial charge in [0.2, 0.25) is 0 Å². The number of carbonyl (C=O) groups excluding carboxylic acids is 1. The summed E-state index contributed by atoms with van der Waals surface area (Å²) in [4.78, 5) is 14.6. The zero-order valence-electron chi connectivity index (χ0n) is 11.0. The fourth-order valence-corrected chi connectivity index (χ4v) is 2.70. The molecule has 2 N–H and O–H groups in total. The van der Waals surface area contributed by atoms with E-state index in [1.54, 1.807) is 0 Å². The molecule has 1 heterocycles. The number of benzene rings is 1. The van der Waals surface area contributed by atoms with Crippen LogP contribution in [-0.4, -0.2) is 36.6 Å². The summed E-state index contributed by atoms with van der Waals surface area (Å²) in [5.74, 6) is 0.774. The quantitative estimate of drug-likeness (QED) is 0.893. The molecular weight excluding hydrogens is 240 g/mol. The minimum Gasteiger partial charge on any atom is -0.377 e. The number of ether oxygens (including phenoxy) is 1. The first-order valence-electron chi connectivity index (χ1n) is 6.97. The fourth-order valence-electron chi connectivity index (χ4n) is 2.70. The molecule has 4 nitrogen and oxygen atoms in total. The van der Waals surface area contributed by atoms with Crippen LogP contribution in [0.25, 0.3) is 0 Å². The monoisotopic (exact) mass is 260 g/mol. The van der Waals surface area contributed by atoms with Gasteiger partial charge in [0.05, 0.1) is 19.3 Å². The van der Waals surface area contributed by atoms with Crippen LogP contribution in [0.4, 0.5) is 0 Å². The van der Waals surface area contributed by atoms with Crippen LogP contribution < -0.4 is 5.73 Å². The van der Waals surface area contributed by atoms with Crippen LogP contribution in [-0.2, 0) is 11.3 Å². The number of rotatable bonds is 3. The maximum atomic E-state index is 12.6. The molecule has 1 aromatic rings. The topological polar surface area (TPSA) is 55.6 Å². The van der Waals surface area contributed by atoms with E-state index in [-0.39, 0.29) is 11.9 Å². The highest BCUT2D eigenvalue weighted by Crippen LogP contribution is 2.37. The predicted octanol–water partition coefficient (Wildman–Crippen LogP) is 1.40. The van der Waals surface area contributed by atoms with Gasteiger partial charge in [0.25, 0.3) is 5.91 Å². The molecule has 0 bridgehead atoms. The van der Waals surface area contributed by atoms with Crippen molar-refractivity contribution in [2.45, 2.75) is 25.4 Å². The second-order valence-electron chi connectivity index (χ2n) is 5.38. The van der Waals surface area contributed by atoms with E-state index in [0.717, 1.165) is 11.1 Å². The van der Waals surface area contributed by atoms with E-state index < -0.39 is 0 Å². The van der Waals surface area contributed by atoms with E-state index in [4.69, 9.17) is 10.5 Å². The molecule has 2 aliphatic rings. The van der Waals surface area contributed by atoms with E-state index in [1.807, 2.05) is 29.2 Å². The summed E-state index contributed by atoms with van der Waals surface area (Å²) >= 11 is 0. The number of hydrogen-bond acceptors (Lipinski definition) is 3. The summed E-state index contributed by atoms with van der Waals surface area (Å²) in [6, 6.07) is 7.89.